The van der Waals surface area contributed by atoms with E-state index >= 15 is 0 Å². The molecule has 204 valence electrons. The summed E-state index contributed by atoms with van der Waals surface area (Å²) in [5.74, 6) is 1.86. The zero-order chi connectivity index (χ0) is 28.3. The second-order valence-electron chi connectivity index (χ2n) is 9.13. The van der Waals surface area contributed by atoms with Gasteiger partial charge in [0.2, 0.25) is 5.82 Å². The first-order valence-electron chi connectivity index (χ1n) is 12.7. The number of para-hydroxylation sites is 1. The normalized spacial score (nSPS) is 11.4. The van der Waals surface area contributed by atoms with Gasteiger partial charge in [-0.3, -0.25) is 4.79 Å². The molecule has 2 aromatic heterocycles. The molecule has 9 heteroatoms. The largest absolute Gasteiger partial charge is 0.496 e. The van der Waals surface area contributed by atoms with Crippen LogP contribution in [0.15, 0.2) is 105 Å². The number of hydrogen-bond acceptors (Lipinski definition) is 7. The molecule has 0 fully saturated rings. The third kappa shape index (κ3) is 5.12. The van der Waals surface area contributed by atoms with E-state index in [9.17, 15) is 9.18 Å². The van der Waals surface area contributed by atoms with Gasteiger partial charge in [0, 0.05) is 0 Å². The minimum atomic E-state index is -0.351. The smallest absolute Gasteiger partial charge is 0.282 e. The fourth-order valence-corrected chi connectivity index (χ4v) is 4.51. The molecule has 4 aromatic carbocycles. The molecule has 2 heterocycles. The van der Waals surface area contributed by atoms with Gasteiger partial charge in [-0.2, -0.15) is 9.78 Å². The molecule has 6 rings (SSSR count). The average Bonchev–Trinajstić information content (AvgIpc) is 3.44. The summed E-state index contributed by atoms with van der Waals surface area (Å²) in [6, 6.07) is 25.8. The molecule has 6 aromatic rings. The molecular weight excluding hydrogens is 525 g/mol. The minimum Gasteiger partial charge on any atom is -0.496 e. The highest BCUT2D eigenvalue weighted by atomic mass is 19.1. The topological polar surface area (TPSA) is 88.1 Å². The number of methoxy groups -OCH3 is 2. The fourth-order valence-electron chi connectivity index (χ4n) is 4.51. The third-order valence-electron chi connectivity index (χ3n) is 6.51. The van der Waals surface area contributed by atoms with Crippen LogP contribution in [0.3, 0.4) is 0 Å². The highest BCUT2D eigenvalue weighted by Crippen LogP contribution is 2.33. The highest BCUT2D eigenvalue weighted by molar-refractivity contribution is 5.88. The Labute approximate surface area is 233 Å². The molecule has 0 bridgehead atoms. The van der Waals surface area contributed by atoms with Crippen molar-refractivity contribution in [3.05, 3.63) is 118 Å². The molecule has 0 aliphatic carbocycles. The highest BCUT2D eigenvalue weighted by Gasteiger charge is 2.18. The standard InChI is InChI=1S/C32H24FN3O5/c1-38-26-11-6-12-27-24(26)17-30(41-27)31-35-25-10-4-3-9-23(25)32(37)36(31)34-18-20-13-14-28(29(16-20)39-2)40-19-21-7-5-8-22(33)15-21/h3-18H,19H2,1-2H3. The van der Waals surface area contributed by atoms with Crippen LogP contribution >= 0.6 is 0 Å². The summed E-state index contributed by atoms with van der Waals surface area (Å²) < 4.78 is 37.7. The monoisotopic (exact) mass is 549 g/mol. The number of nitrogens with zero attached hydrogens (tertiary/aromatic N) is 3. The van der Waals surface area contributed by atoms with Crippen molar-refractivity contribution in [1.82, 2.24) is 9.66 Å². The van der Waals surface area contributed by atoms with Crippen LogP contribution in [0, 0.1) is 5.82 Å². The number of fused-ring (bicyclic) bond motifs is 2. The van der Waals surface area contributed by atoms with Crippen molar-refractivity contribution in [1.29, 1.82) is 0 Å². The van der Waals surface area contributed by atoms with Crippen molar-refractivity contribution in [2.45, 2.75) is 6.61 Å². The number of benzene rings is 4. The number of furan rings is 1. The second kappa shape index (κ2) is 11.0. The predicted octanol–water partition coefficient (Wildman–Crippen LogP) is 6.43. The van der Waals surface area contributed by atoms with E-state index in [4.69, 9.17) is 23.6 Å². The Hall–Kier alpha value is -5.44. The van der Waals surface area contributed by atoms with Gasteiger partial charge in [0.05, 0.1) is 36.7 Å². The predicted molar refractivity (Wildman–Crippen MR) is 154 cm³/mol. The van der Waals surface area contributed by atoms with Crippen molar-refractivity contribution in [2.75, 3.05) is 14.2 Å². The van der Waals surface area contributed by atoms with Crippen LogP contribution in [0.5, 0.6) is 17.2 Å². The Bertz CT molecular complexity index is 1980. The molecule has 0 N–H and O–H groups in total. The van der Waals surface area contributed by atoms with Crippen LogP contribution in [-0.2, 0) is 6.61 Å². The van der Waals surface area contributed by atoms with Crippen molar-refractivity contribution in [3.8, 4) is 28.8 Å². The first kappa shape index (κ1) is 25.8. The lowest BCUT2D eigenvalue weighted by Gasteiger charge is -2.11. The molecule has 0 saturated carbocycles. The van der Waals surface area contributed by atoms with E-state index in [2.05, 4.69) is 5.10 Å². The van der Waals surface area contributed by atoms with Gasteiger partial charge < -0.3 is 18.6 Å². The number of ether oxygens (including phenoxy) is 3. The molecule has 0 aliphatic rings. The van der Waals surface area contributed by atoms with E-state index in [0.29, 0.717) is 50.6 Å². The van der Waals surface area contributed by atoms with Crippen molar-refractivity contribution >= 4 is 28.1 Å². The number of hydrogen-bond donors (Lipinski definition) is 0. The lowest BCUT2D eigenvalue weighted by molar-refractivity contribution is 0.284. The van der Waals surface area contributed by atoms with Gasteiger partial charge in [-0.1, -0.05) is 30.3 Å². The Morgan fingerprint density at radius 2 is 1.71 bits per heavy atom. The molecule has 0 amide bonds. The maximum atomic E-state index is 13.6. The summed E-state index contributed by atoms with van der Waals surface area (Å²) in [6.45, 7) is 0.172. The molecule has 41 heavy (non-hydrogen) atoms. The second-order valence-corrected chi connectivity index (χ2v) is 9.13. The molecular formula is C32H24FN3O5. The summed E-state index contributed by atoms with van der Waals surface area (Å²) in [4.78, 5) is 18.3. The van der Waals surface area contributed by atoms with Crippen LogP contribution in [0.4, 0.5) is 4.39 Å². The van der Waals surface area contributed by atoms with Crippen molar-refractivity contribution in [3.63, 3.8) is 0 Å². The number of rotatable bonds is 8. The van der Waals surface area contributed by atoms with Gasteiger partial charge in [0.25, 0.3) is 5.56 Å². The Morgan fingerprint density at radius 3 is 2.54 bits per heavy atom. The lowest BCUT2D eigenvalue weighted by Crippen LogP contribution is -2.20. The molecule has 0 saturated heterocycles. The van der Waals surface area contributed by atoms with E-state index in [-0.39, 0.29) is 23.8 Å². The SMILES string of the molecule is COc1cc(C=Nn2c(-c3cc4c(OC)cccc4o3)nc3ccccc3c2=O)ccc1OCc1cccc(F)c1. The zero-order valence-corrected chi connectivity index (χ0v) is 22.2. The van der Waals surface area contributed by atoms with Crippen molar-refractivity contribution in [2.24, 2.45) is 5.10 Å². The number of aromatic nitrogens is 2. The summed E-state index contributed by atoms with van der Waals surface area (Å²) in [7, 11) is 3.11. The minimum absolute atomic E-state index is 0.172. The van der Waals surface area contributed by atoms with Gasteiger partial charge >= 0.3 is 0 Å². The van der Waals surface area contributed by atoms with Gasteiger partial charge in [0.1, 0.15) is 23.8 Å². The van der Waals surface area contributed by atoms with E-state index in [1.54, 1.807) is 61.7 Å². The van der Waals surface area contributed by atoms with Gasteiger partial charge in [-0.05, 0) is 71.8 Å². The average molecular weight is 550 g/mol. The van der Waals surface area contributed by atoms with Crippen LogP contribution in [0.25, 0.3) is 33.5 Å². The summed E-state index contributed by atoms with van der Waals surface area (Å²) >= 11 is 0. The van der Waals surface area contributed by atoms with Gasteiger partial charge in [-0.25, -0.2) is 9.37 Å². The molecule has 8 nitrogen and oxygen atoms in total. The molecule has 0 atom stereocenters. The Kier molecular flexibility index (Phi) is 6.91. The zero-order valence-electron chi connectivity index (χ0n) is 22.2. The molecule has 0 radical (unpaired) electrons. The molecule has 0 unspecified atom stereocenters. The first-order valence-corrected chi connectivity index (χ1v) is 12.7. The maximum absolute atomic E-state index is 13.6. The van der Waals surface area contributed by atoms with Crippen LogP contribution < -0.4 is 19.8 Å². The van der Waals surface area contributed by atoms with E-state index in [1.807, 2.05) is 24.3 Å². The summed E-state index contributed by atoms with van der Waals surface area (Å²) in [6.07, 6.45) is 1.53. The Balaban J connectivity index is 1.38. The van der Waals surface area contributed by atoms with E-state index in [1.165, 1.54) is 30.1 Å². The van der Waals surface area contributed by atoms with Crippen LogP contribution in [-0.4, -0.2) is 30.1 Å². The van der Waals surface area contributed by atoms with Crippen LogP contribution in [0.1, 0.15) is 11.1 Å². The summed E-state index contributed by atoms with van der Waals surface area (Å²) in [5.41, 5.74) is 2.11. The van der Waals surface area contributed by atoms with Gasteiger partial charge in [-0.15, -0.1) is 0 Å². The fraction of sp³-hybridized carbons (Fsp3) is 0.0938. The van der Waals surface area contributed by atoms with E-state index < -0.39 is 0 Å². The quantitative estimate of drug-likeness (QED) is 0.204. The Morgan fingerprint density at radius 1 is 0.878 bits per heavy atom. The van der Waals surface area contributed by atoms with Gasteiger partial charge in [0.15, 0.2) is 17.3 Å². The van der Waals surface area contributed by atoms with Crippen LogP contribution in [0.2, 0.25) is 0 Å². The maximum Gasteiger partial charge on any atom is 0.282 e. The third-order valence-corrected chi connectivity index (χ3v) is 6.51. The van der Waals surface area contributed by atoms with Crippen molar-refractivity contribution < 1.29 is 23.0 Å². The molecule has 0 spiro atoms. The lowest BCUT2D eigenvalue weighted by atomic mass is 10.2. The van der Waals surface area contributed by atoms with E-state index in [0.717, 1.165) is 5.39 Å². The summed E-state index contributed by atoms with van der Waals surface area (Å²) in [5, 5.41) is 5.68. The number of halogens is 1. The first-order chi connectivity index (χ1) is 20.0. The molecule has 0 aliphatic heterocycles.